The lowest BCUT2D eigenvalue weighted by Crippen LogP contribution is -2.50. The van der Waals surface area contributed by atoms with Crippen molar-refractivity contribution in [2.75, 3.05) is 25.6 Å². The maximum Gasteiger partial charge on any atom is 0.348 e. The fourth-order valence-electron chi connectivity index (χ4n) is 6.54. The zero-order chi connectivity index (χ0) is 24.5. The summed E-state index contributed by atoms with van der Waals surface area (Å²) in [5, 5.41) is 0. The molecule has 1 N–H and O–H groups in total. The highest BCUT2D eigenvalue weighted by Crippen LogP contribution is 2.57. The van der Waals surface area contributed by atoms with Crippen LogP contribution in [0.15, 0.2) is 4.42 Å². The number of esters is 3. The number of carbonyl (C=O) groups is 3. The van der Waals surface area contributed by atoms with Crippen molar-refractivity contribution in [1.82, 2.24) is 0 Å². The maximum atomic E-state index is 13.6. The van der Waals surface area contributed by atoms with Gasteiger partial charge >= 0.3 is 17.9 Å². The van der Waals surface area contributed by atoms with Gasteiger partial charge in [-0.05, 0) is 56.3 Å². The van der Waals surface area contributed by atoms with Crippen molar-refractivity contribution in [3.63, 3.8) is 0 Å². The van der Waals surface area contributed by atoms with Gasteiger partial charge in [0.25, 0.3) is 10.1 Å². The van der Waals surface area contributed by atoms with Gasteiger partial charge in [-0.3, -0.25) is 9.35 Å². The predicted octanol–water partition coefficient (Wildman–Crippen LogP) is 2.59. The fourth-order valence-corrected chi connectivity index (χ4v) is 7.02. The van der Waals surface area contributed by atoms with Gasteiger partial charge in [0, 0.05) is 13.2 Å². The normalized spacial score (nSPS) is 29.3. The average Bonchev–Trinajstić information content (AvgIpc) is 3.38. The monoisotopic (exact) mass is 508 g/mol. The third-order valence-corrected chi connectivity index (χ3v) is 8.42. The van der Waals surface area contributed by atoms with E-state index in [9.17, 15) is 22.8 Å². The minimum Gasteiger partial charge on any atom is -0.462 e. The number of furan rings is 2. The molecule has 0 spiro atoms. The van der Waals surface area contributed by atoms with E-state index in [1.807, 2.05) is 0 Å². The summed E-state index contributed by atoms with van der Waals surface area (Å²) in [5.74, 6) is -1.88. The molecule has 11 nitrogen and oxygen atoms in total. The molecule has 2 saturated heterocycles. The molecule has 2 atom stereocenters. The first kappa shape index (κ1) is 22.7. The van der Waals surface area contributed by atoms with Crippen LogP contribution in [-0.2, 0) is 24.4 Å². The van der Waals surface area contributed by atoms with Crippen LogP contribution in [0.2, 0.25) is 0 Å². The number of rotatable bonds is 7. The quantitative estimate of drug-likeness (QED) is 0.254. The Kier molecular flexibility index (Phi) is 5.14. The number of carbonyl (C=O) groups excluding carboxylic acids is 3. The van der Waals surface area contributed by atoms with Crippen LogP contribution in [-0.4, -0.2) is 56.5 Å². The van der Waals surface area contributed by atoms with Crippen molar-refractivity contribution in [3.05, 3.63) is 11.1 Å². The molecule has 2 aliphatic carbocycles. The van der Waals surface area contributed by atoms with E-state index in [-0.39, 0.29) is 58.7 Å². The first-order valence-electron chi connectivity index (χ1n) is 11.7. The molecule has 0 amide bonds. The van der Waals surface area contributed by atoms with Crippen molar-refractivity contribution >= 4 is 39.2 Å². The summed E-state index contributed by atoms with van der Waals surface area (Å²) < 4.78 is 58.1. The highest BCUT2D eigenvalue weighted by atomic mass is 32.2. The molecule has 35 heavy (non-hydrogen) atoms. The lowest BCUT2D eigenvalue weighted by atomic mass is 9.56. The Morgan fingerprint density at radius 1 is 1.06 bits per heavy atom. The zero-order valence-electron chi connectivity index (χ0n) is 18.7. The molecule has 6 bridgehead atoms. The highest BCUT2D eigenvalue weighted by Gasteiger charge is 2.54. The van der Waals surface area contributed by atoms with Gasteiger partial charge in [-0.1, -0.05) is 0 Å². The van der Waals surface area contributed by atoms with Gasteiger partial charge in [0.15, 0.2) is 11.2 Å². The summed E-state index contributed by atoms with van der Waals surface area (Å²) in [6.07, 6.45) is 4.00. The second-order valence-corrected chi connectivity index (χ2v) is 11.8. The molecule has 2 saturated carbocycles. The minimum absolute atomic E-state index is 0.0145. The van der Waals surface area contributed by atoms with Crippen molar-refractivity contribution in [2.45, 2.75) is 38.5 Å². The molecular formula is C23H24O11S. The van der Waals surface area contributed by atoms with Crippen LogP contribution in [0.1, 0.15) is 59.2 Å². The van der Waals surface area contributed by atoms with Gasteiger partial charge in [-0.15, -0.1) is 0 Å². The van der Waals surface area contributed by atoms with Gasteiger partial charge < -0.3 is 23.4 Å². The smallest absolute Gasteiger partial charge is 0.348 e. The number of fused-ring (bicyclic) bond motifs is 3. The molecule has 3 aliphatic heterocycles. The molecule has 12 heteroatoms. The number of hydrogen-bond donors (Lipinski definition) is 1. The Balaban J connectivity index is 1.26. The minimum atomic E-state index is -4.20. The van der Waals surface area contributed by atoms with E-state index < -0.39 is 39.2 Å². The van der Waals surface area contributed by atoms with E-state index in [4.69, 9.17) is 27.9 Å². The van der Waals surface area contributed by atoms with E-state index in [2.05, 4.69) is 0 Å². The van der Waals surface area contributed by atoms with E-state index in [0.717, 1.165) is 19.3 Å². The lowest BCUT2D eigenvalue weighted by molar-refractivity contribution is -0.161. The molecule has 188 valence electrons. The number of ether oxygens (including phenoxy) is 4. The van der Waals surface area contributed by atoms with Crippen LogP contribution in [0.25, 0.3) is 11.2 Å². The van der Waals surface area contributed by atoms with Crippen LogP contribution >= 0.6 is 0 Å². The molecule has 5 heterocycles. The van der Waals surface area contributed by atoms with Gasteiger partial charge in [-0.25, -0.2) is 9.59 Å². The number of hydrogen-bond acceptors (Lipinski definition) is 10. The van der Waals surface area contributed by atoms with Gasteiger partial charge in [0.2, 0.25) is 11.5 Å². The van der Waals surface area contributed by atoms with Crippen LogP contribution in [0.4, 0.5) is 0 Å². The third kappa shape index (κ3) is 3.78. The Bertz CT molecular complexity index is 1310. The Hall–Kier alpha value is -2.70. The van der Waals surface area contributed by atoms with E-state index >= 15 is 0 Å². The van der Waals surface area contributed by atoms with E-state index in [1.165, 1.54) is 0 Å². The van der Waals surface area contributed by atoms with Crippen LogP contribution in [0.3, 0.4) is 0 Å². The van der Waals surface area contributed by atoms with Crippen molar-refractivity contribution in [2.24, 2.45) is 23.2 Å². The molecule has 4 fully saturated rings. The topological polar surface area (TPSA) is 156 Å². The second kappa shape index (κ2) is 7.90. The van der Waals surface area contributed by atoms with Crippen molar-refractivity contribution in [3.8, 4) is 11.5 Å². The summed E-state index contributed by atoms with van der Waals surface area (Å²) in [6.45, 7) is 0.950. The lowest BCUT2D eigenvalue weighted by Gasteiger charge is -2.50. The average molecular weight is 509 g/mol. The molecule has 0 aromatic carbocycles. The summed E-state index contributed by atoms with van der Waals surface area (Å²) >= 11 is 0. The molecule has 7 rings (SSSR count). The Labute approximate surface area is 200 Å². The molecule has 0 radical (unpaired) electrons. The van der Waals surface area contributed by atoms with Crippen molar-refractivity contribution in [1.29, 1.82) is 0 Å². The summed E-state index contributed by atoms with van der Waals surface area (Å²) in [6, 6.07) is 0. The molecule has 2 aromatic rings. The van der Waals surface area contributed by atoms with Gasteiger partial charge in [0.1, 0.15) is 11.1 Å². The van der Waals surface area contributed by atoms with Gasteiger partial charge in [0.05, 0.1) is 17.8 Å². The standard InChI is InChI=1S/C23H24O11S/c24-20(31-2-1-3-35(27,28)29)14-15-17-18(33-21(15)25)19(16(14)32-17)34-22(26)23-6-11-4-12(7-23)9-30-10-13(5-11)8-23/h11-13H,1-10H2,(H,27,28,29). The molecule has 2 unspecified atom stereocenters. The first-order chi connectivity index (χ1) is 16.6. The van der Waals surface area contributed by atoms with Crippen LogP contribution < -0.4 is 9.47 Å². The first-order valence-corrected chi connectivity index (χ1v) is 13.3. The predicted molar refractivity (Wildman–Crippen MR) is 116 cm³/mol. The van der Waals surface area contributed by atoms with Gasteiger partial charge in [-0.2, -0.15) is 8.42 Å². The van der Waals surface area contributed by atoms with Crippen LogP contribution in [0, 0.1) is 23.2 Å². The molecule has 5 aliphatic rings. The van der Waals surface area contributed by atoms with E-state index in [0.29, 0.717) is 32.0 Å². The molecule has 2 aromatic heterocycles. The maximum absolute atomic E-state index is 13.6. The second-order valence-electron chi connectivity index (χ2n) is 10.2. The molecular weight excluding hydrogens is 484 g/mol. The zero-order valence-corrected chi connectivity index (χ0v) is 19.6. The fraction of sp³-hybridized carbons (Fsp3) is 0.609. The van der Waals surface area contributed by atoms with E-state index in [1.54, 1.807) is 0 Å². The largest absolute Gasteiger partial charge is 0.462 e. The SMILES string of the molecule is O=C1Oc2c(OC(=O)C34CC5COCC(CC(C5)C3)C4)c3oc2c1c3C(=O)OCCCS(=O)(=O)O. The summed E-state index contributed by atoms with van der Waals surface area (Å²) in [5.41, 5.74) is -1.06. The summed E-state index contributed by atoms with van der Waals surface area (Å²) in [7, 11) is -4.20. The summed E-state index contributed by atoms with van der Waals surface area (Å²) in [4.78, 5) is 38.7. The van der Waals surface area contributed by atoms with Crippen LogP contribution in [0.5, 0.6) is 11.5 Å². The third-order valence-electron chi connectivity index (χ3n) is 7.62. The Morgan fingerprint density at radius 3 is 2.43 bits per heavy atom. The highest BCUT2D eigenvalue weighted by molar-refractivity contribution is 7.85. The Morgan fingerprint density at radius 2 is 1.74 bits per heavy atom. The van der Waals surface area contributed by atoms with Crippen molar-refractivity contribution < 1.29 is 50.7 Å². The number of benzene rings is 1.